The Bertz CT molecular complexity index is 523. The lowest BCUT2D eigenvalue weighted by molar-refractivity contribution is -0.114. The quantitative estimate of drug-likeness (QED) is 0.214. The highest BCUT2D eigenvalue weighted by molar-refractivity contribution is 14.1. The number of rotatable bonds is 8. The first-order valence-electron chi connectivity index (χ1n) is 10.8. The van der Waals surface area contributed by atoms with Gasteiger partial charge in [-0.25, -0.2) is 0 Å². The van der Waals surface area contributed by atoms with E-state index in [1.807, 2.05) is 0 Å². The lowest BCUT2D eigenvalue weighted by Crippen LogP contribution is -2.34. The third-order valence-electron chi connectivity index (χ3n) is 7.89. The third-order valence-corrected chi connectivity index (χ3v) is 9.24. The molecule has 0 aromatic rings. The maximum absolute atomic E-state index is 13.2. The van der Waals surface area contributed by atoms with E-state index in [0.717, 1.165) is 34.8 Å². The molecule has 3 heteroatoms. The number of Topliss-reactive ketones (excluding diaryl/α,β-unsaturated/α-hetero) is 1. The lowest BCUT2D eigenvalue weighted by Gasteiger charge is -2.42. The van der Waals surface area contributed by atoms with Gasteiger partial charge in [0.1, 0.15) is 0 Å². The van der Waals surface area contributed by atoms with Crippen LogP contribution in [0.15, 0.2) is 19.3 Å². The minimum absolute atomic E-state index is 0.382. The van der Waals surface area contributed by atoms with Gasteiger partial charge in [0.2, 0.25) is 0 Å². The molecule has 0 amide bonds. The summed E-state index contributed by atoms with van der Waals surface area (Å²) < 4.78 is 4.21. The predicted molar refractivity (Wildman–Crippen MR) is 126 cm³/mol. The smallest absolute Gasteiger partial charge is 0.186 e. The van der Waals surface area contributed by atoms with Crippen LogP contribution in [0, 0.1) is 35.5 Å². The first-order valence-corrected chi connectivity index (χ1v) is 13.3. The van der Waals surface area contributed by atoms with Crippen molar-refractivity contribution >= 4 is 51.0 Å². The molecule has 4 saturated carbocycles. The van der Waals surface area contributed by atoms with E-state index in [4.69, 9.17) is 0 Å². The average molecular weight is 578 g/mol. The van der Waals surface area contributed by atoms with Gasteiger partial charge >= 0.3 is 0 Å². The molecule has 0 heterocycles. The fourth-order valence-corrected chi connectivity index (χ4v) is 7.16. The molecule has 26 heavy (non-hydrogen) atoms. The van der Waals surface area contributed by atoms with Crippen LogP contribution >= 0.6 is 45.2 Å². The molecule has 144 valence electrons. The van der Waals surface area contributed by atoms with E-state index in [1.165, 1.54) is 77.0 Å². The number of hydrogen-bond donors (Lipinski definition) is 0. The fourth-order valence-electron chi connectivity index (χ4n) is 5.58. The fraction of sp³-hybridized carbons (Fsp3) is 0.783. The Labute approximate surface area is 186 Å². The van der Waals surface area contributed by atoms with Gasteiger partial charge in [-0.3, -0.25) is 4.79 Å². The first kappa shape index (κ1) is 19.9. The van der Waals surface area contributed by atoms with Crippen molar-refractivity contribution in [3.63, 3.8) is 0 Å². The standard InChI is InChI=1S/C23H32I2O/c24-13-21(19-9-17(10-19)7-15-3-1-4-15)23(26)22(14-25)20-11-18(12-20)8-16-5-2-6-16/h13-20H,1-12H2/t17-,18-,19-,20-. The van der Waals surface area contributed by atoms with Crippen molar-refractivity contribution in [1.29, 1.82) is 0 Å². The van der Waals surface area contributed by atoms with Crippen LogP contribution in [0.4, 0.5) is 0 Å². The van der Waals surface area contributed by atoms with Gasteiger partial charge in [-0.05, 0) is 82.2 Å². The molecule has 0 radical (unpaired) electrons. The summed E-state index contributed by atoms with van der Waals surface area (Å²) in [6.45, 7) is 0. The molecule has 0 aliphatic heterocycles. The van der Waals surface area contributed by atoms with Crippen LogP contribution in [0.1, 0.15) is 77.0 Å². The van der Waals surface area contributed by atoms with Crippen molar-refractivity contribution in [1.82, 2.24) is 0 Å². The van der Waals surface area contributed by atoms with Crippen molar-refractivity contribution < 1.29 is 4.79 Å². The normalized spacial score (nSPS) is 35.9. The number of carbonyl (C=O) groups is 1. The van der Waals surface area contributed by atoms with Crippen LogP contribution in [-0.4, -0.2) is 5.78 Å². The summed E-state index contributed by atoms with van der Waals surface area (Å²) >= 11 is 4.62. The van der Waals surface area contributed by atoms with E-state index < -0.39 is 0 Å². The summed E-state index contributed by atoms with van der Waals surface area (Å²) in [6.07, 6.45) is 16.7. The van der Waals surface area contributed by atoms with Crippen LogP contribution in [0.3, 0.4) is 0 Å². The van der Waals surface area contributed by atoms with Gasteiger partial charge in [0.15, 0.2) is 5.78 Å². The highest BCUT2D eigenvalue weighted by Gasteiger charge is 2.40. The number of hydrogen-bond acceptors (Lipinski definition) is 1. The van der Waals surface area contributed by atoms with E-state index in [2.05, 4.69) is 53.3 Å². The summed E-state index contributed by atoms with van der Waals surface area (Å²) in [7, 11) is 0. The first-order chi connectivity index (χ1) is 12.7. The Morgan fingerprint density at radius 3 is 1.35 bits per heavy atom. The van der Waals surface area contributed by atoms with Crippen molar-refractivity contribution in [2.24, 2.45) is 35.5 Å². The second-order valence-corrected chi connectivity index (χ2v) is 10.8. The molecule has 4 aliphatic carbocycles. The van der Waals surface area contributed by atoms with Crippen LogP contribution < -0.4 is 0 Å². The molecular weight excluding hydrogens is 546 g/mol. The van der Waals surface area contributed by atoms with Gasteiger partial charge < -0.3 is 0 Å². The van der Waals surface area contributed by atoms with Gasteiger partial charge in [-0.2, -0.15) is 0 Å². The maximum atomic E-state index is 13.2. The zero-order chi connectivity index (χ0) is 18.1. The van der Waals surface area contributed by atoms with Gasteiger partial charge in [0.05, 0.1) is 0 Å². The summed E-state index contributed by atoms with van der Waals surface area (Å²) in [4.78, 5) is 13.2. The molecule has 0 aromatic carbocycles. The summed E-state index contributed by atoms with van der Waals surface area (Å²) in [5, 5.41) is 0. The maximum Gasteiger partial charge on any atom is 0.186 e. The topological polar surface area (TPSA) is 17.1 Å². The van der Waals surface area contributed by atoms with E-state index in [9.17, 15) is 4.79 Å². The lowest BCUT2D eigenvalue weighted by atomic mass is 9.62. The Morgan fingerprint density at radius 1 is 0.692 bits per heavy atom. The van der Waals surface area contributed by atoms with E-state index in [0.29, 0.717) is 17.6 Å². The summed E-state index contributed by atoms with van der Waals surface area (Å²) in [6, 6.07) is 0. The molecule has 4 fully saturated rings. The van der Waals surface area contributed by atoms with Crippen molar-refractivity contribution in [2.75, 3.05) is 0 Å². The molecule has 0 saturated heterocycles. The Kier molecular flexibility index (Phi) is 6.86. The highest BCUT2D eigenvalue weighted by Crippen LogP contribution is 2.49. The van der Waals surface area contributed by atoms with E-state index >= 15 is 0 Å². The van der Waals surface area contributed by atoms with Gasteiger partial charge in [0.25, 0.3) is 0 Å². The van der Waals surface area contributed by atoms with Crippen molar-refractivity contribution in [3.05, 3.63) is 19.3 Å². The van der Waals surface area contributed by atoms with Gasteiger partial charge in [-0.15, -0.1) is 0 Å². The predicted octanol–water partition coefficient (Wildman–Crippen LogP) is 7.63. The van der Waals surface area contributed by atoms with Crippen molar-refractivity contribution in [2.45, 2.75) is 77.0 Å². The highest BCUT2D eigenvalue weighted by atomic mass is 127. The zero-order valence-electron chi connectivity index (χ0n) is 15.8. The molecule has 0 spiro atoms. The second kappa shape index (κ2) is 8.96. The van der Waals surface area contributed by atoms with E-state index in [-0.39, 0.29) is 0 Å². The molecule has 0 aromatic heterocycles. The van der Waals surface area contributed by atoms with Crippen LogP contribution in [0.2, 0.25) is 0 Å². The van der Waals surface area contributed by atoms with Crippen LogP contribution in [0.25, 0.3) is 0 Å². The molecule has 0 unspecified atom stereocenters. The Morgan fingerprint density at radius 2 is 1.08 bits per heavy atom. The Hall–Kier alpha value is 0.610. The summed E-state index contributed by atoms with van der Waals surface area (Å²) in [5.74, 6) is 5.28. The van der Waals surface area contributed by atoms with Gasteiger partial charge in [-0.1, -0.05) is 83.7 Å². The number of allylic oxidation sites excluding steroid dienone is 2. The zero-order valence-corrected chi connectivity index (χ0v) is 20.1. The second-order valence-electron chi connectivity index (χ2n) is 9.59. The minimum Gasteiger partial charge on any atom is -0.289 e. The average Bonchev–Trinajstić information content (AvgIpc) is 2.47. The Balaban J connectivity index is 1.26. The summed E-state index contributed by atoms with van der Waals surface area (Å²) in [5.41, 5.74) is 2.25. The SMILES string of the molecule is O=C(C(=CI)[C@H]1C[C@H](CC2CCC2)C1)C(=CI)[C@H]1C[C@H](CC2CCC2)C1. The van der Waals surface area contributed by atoms with Crippen molar-refractivity contribution in [3.8, 4) is 0 Å². The van der Waals surface area contributed by atoms with Crippen LogP contribution in [-0.2, 0) is 4.79 Å². The largest absolute Gasteiger partial charge is 0.289 e. The molecule has 0 bridgehead atoms. The molecule has 1 nitrogen and oxygen atoms in total. The molecule has 0 N–H and O–H groups in total. The molecular formula is C23H32I2O. The molecule has 4 rings (SSSR count). The third kappa shape index (κ3) is 4.28. The number of carbonyl (C=O) groups excluding carboxylic acids is 1. The molecule has 0 atom stereocenters. The molecule has 4 aliphatic rings. The van der Waals surface area contributed by atoms with Crippen LogP contribution in [0.5, 0.6) is 0 Å². The minimum atomic E-state index is 0.382. The monoisotopic (exact) mass is 578 g/mol. The van der Waals surface area contributed by atoms with E-state index in [1.54, 1.807) is 0 Å². The van der Waals surface area contributed by atoms with Gasteiger partial charge in [0, 0.05) is 11.1 Å². The number of halogens is 2. The number of ketones is 1.